The van der Waals surface area contributed by atoms with Crippen molar-refractivity contribution in [1.82, 2.24) is 9.62 Å². The number of nitrogens with one attached hydrogen (secondary N) is 1. The Morgan fingerprint density at radius 3 is 2.55 bits per heavy atom. The molecule has 2 heterocycles. The molecule has 0 bridgehead atoms. The normalized spacial score (nSPS) is 18.2. The fourth-order valence-corrected chi connectivity index (χ4v) is 6.08. The lowest BCUT2D eigenvalue weighted by molar-refractivity contribution is -0.125. The van der Waals surface area contributed by atoms with Crippen LogP contribution < -0.4 is 15.0 Å². The number of rotatable bonds is 7. The SMILES string of the molecule is CCOc1ccccc1CNC(=O)[C@@H]1Cc2cc(S(=O)(=O)N3CCCC3)ccc2N1C(C)=O. The minimum Gasteiger partial charge on any atom is -0.494 e. The van der Waals surface area contributed by atoms with E-state index < -0.39 is 16.1 Å². The van der Waals surface area contributed by atoms with E-state index in [0.29, 0.717) is 36.7 Å². The average Bonchev–Trinajstić information content (AvgIpc) is 3.46. The van der Waals surface area contributed by atoms with E-state index in [2.05, 4.69) is 5.32 Å². The number of anilines is 1. The quantitative estimate of drug-likeness (QED) is 0.669. The van der Waals surface area contributed by atoms with Crippen molar-refractivity contribution in [3.63, 3.8) is 0 Å². The van der Waals surface area contributed by atoms with Gasteiger partial charge in [0.1, 0.15) is 11.8 Å². The van der Waals surface area contributed by atoms with Crippen molar-refractivity contribution >= 4 is 27.5 Å². The number of ether oxygens (including phenoxy) is 1. The average molecular weight is 472 g/mol. The van der Waals surface area contributed by atoms with Crippen molar-refractivity contribution in [3.05, 3.63) is 53.6 Å². The van der Waals surface area contributed by atoms with E-state index >= 15 is 0 Å². The van der Waals surface area contributed by atoms with E-state index in [1.807, 2.05) is 31.2 Å². The summed E-state index contributed by atoms with van der Waals surface area (Å²) in [6.07, 6.45) is 1.98. The molecule has 0 radical (unpaired) electrons. The topological polar surface area (TPSA) is 96.0 Å². The number of nitrogens with zero attached hydrogens (tertiary/aromatic N) is 2. The Bertz CT molecular complexity index is 1160. The highest BCUT2D eigenvalue weighted by Gasteiger charge is 2.38. The number of carbonyl (C=O) groups is 2. The number of para-hydroxylation sites is 1. The molecule has 176 valence electrons. The third kappa shape index (κ3) is 4.60. The molecule has 0 saturated carbocycles. The van der Waals surface area contributed by atoms with Crippen LogP contribution in [0.2, 0.25) is 0 Å². The van der Waals surface area contributed by atoms with Gasteiger partial charge in [0.05, 0.1) is 11.5 Å². The number of benzene rings is 2. The van der Waals surface area contributed by atoms with Gasteiger partial charge in [0.2, 0.25) is 21.8 Å². The lowest BCUT2D eigenvalue weighted by Crippen LogP contribution is -2.47. The second-order valence-corrected chi connectivity index (χ2v) is 10.2. The molecule has 2 aliphatic rings. The highest BCUT2D eigenvalue weighted by Crippen LogP contribution is 2.35. The van der Waals surface area contributed by atoms with Crippen LogP contribution in [-0.4, -0.2) is 50.3 Å². The molecule has 1 N–H and O–H groups in total. The molecule has 8 nitrogen and oxygen atoms in total. The molecule has 0 unspecified atom stereocenters. The van der Waals surface area contributed by atoms with Crippen LogP contribution >= 0.6 is 0 Å². The molecule has 1 fully saturated rings. The van der Waals surface area contributed by atoms with E-state index in [0.717, 1.165) is 18.4 Å². The van der Waals surface area contributed by atoms with Crippen molar-refractivity contribution < 1.29 is 22.7 Å². The van der Waals surface area contributed by atoms with Gasteiger partial charge in [0.25, 0.3) is 0 Å². The van der Waals surface area contributed by atoms with Gasteiger partial charge < -0.3 is 10.1 Å². The maximum atomic E-state index is 13.1. The van der Waals surface area contributed by atoms with Crippen LogP contribution in [0.15, 0.2) is 47.4 Å². The van der Waals surface area contributed by atoms with Gasteiger partial charge in [-0.15, -0.1) is 0 Å². The molecule has 9 heteroatoms. The lowest BCUT2D eigenvalue weighted by atomic mass is 10.1. The zero-order valence-electron chi connectivity index (χ0n) is 18.9. The fourth-order valence-electron chi connectivity index (χ4n) is 4.51. The Hall–Kier alpha value is -2.91. The Balaban J connectivity index is 1.54. The van der Waals surface area contributed by atoms with Crippen LogP contribution in [0.4, 0.5) is 5.69 Å². The molecule has 2 amide bonds. The number of carbonyl (C=O) groups excluding carboxylic acids is 2. The summed E-state index contributed by atoms with van der Waals surface area (Å²) in [5.41, 5.74) is 2.11. The van der Waals surface area contributed by atoms with Gasteiger partial charge in [-0.05, 0) is 49.6 Å². The third-order valence-electron chi connectivity index (χ3n) is 6.11. The first kappa shape index (κ1) is 23.3. The summed E-state index contributed by atoms with van der Waals surface area (Å²) >= 11 is 0. The predicted molar refractivity (Wildman–Crippen MR) is 125 cm³/mol. The molecule has 33 heavy (non-hydrogen) atoms. The van der Waals surface area contributed by atoms with Crippen molar-refractivity contribution in [1.29, 1.82) is 0 Å². The molecule has 2 aromatic carbocycles. The van der Waals surface area contributed by atoms with Crippen molar-refractivity contribution in [3.8, 4) is 5.75 Å². The van der Waals surface area contributed by atoms with Gasteiger partial charge in [-0.2, -0.15) is 4.31 Å². The first-order valence-corrected chi connectivity index (χ1v) is 12.7. The zero-order chi connectivity index (χ0) is 23.6. The minimum atomic E-state index is -3.58. The number of hydrogen-bond acceptors (Lipinski definition) is 5. The Labute approximate surface area is 194 Å². The number of hydrogen-bond donors (Lipinski definition) is 1. The van der Waals surface area contributed by atoms with Crippen LogP contribution in [0.1, 0.15) is 37.8 Å². The van der Waals surface area contributed by atoms with Crippen molar-refractivity contribution in [2.24, 2.45) is 0 Å². The van der Waals surface area contributed by atoms with Gasteiger partial charge >= 0.3 is 0 Å². The largest absolute Gasteiger partial charge is 0.494 e. The van der Waals surface area contributed by atoms with E-state index in [1.54, 1.807) is 12.1 Å². The molecule has 4 rings (SSSR count). The molecular weight excluding hydrogens is 442 g/mol. The summed E-state index contributed by atoms with van der Waals surface area (Å²) in [7, 11) is -3.58. The molecule has 1 saturated heterocycles. The van der Waals surface area contributed by atoms with E-state index in [4.69, 9.17) is 4.74 Å². The molecule has 0 aromatic heterocycles. The van der Waals surface area contributed by atoms with Gasteiger partial charge in [-0.1, -0.05) is 18.2 Å². The van der Waals surface area contributed by atoms with Gasteiger partial charge in [-0.25, -0.2) is 8.42 Å². The molecule has 1 atom stereocenters. The first-order chi connectivity index (χ1) is 15.8. The summed E-state index contributed by atoms with van der Waals surface area (Å²) < 4.78 is 33.0. The highest BCUT2D eigenvalue weighted by molar-refractivity contribution is 7.89. The minimum absolute atomic E-state index is 0.207. The second kappa shape index (κ2) is 9.52. The van der Waals surface area contributed by atoms with Crippen LogP contribution in [0.25, 0.3) is 0 Å². The predicted octanol–water partition coefficient (Wildman–Crippen LogP) is 2.46. The maximum absolute atomic E-state index is 13.1. The molecule has 0 aliphatic carbocycles. The summed E-state index contributed by atoms with van der Waals surface area (Å²) in [5.74, 6) is 0.144. The lowest BCUT2D eigenvalue weighted by Gasteiger charge is -2.24. The van der Waals surface area contributed by atoms with Crippen molar-refractivity contribution in [2.75, 3.05) is 24.6 Å². The molecule has 2 aromatic rings. The summed E-state index contributed by atoms with van der Waals surface area (Å²) in [5, 5.41) is 2.91. The monoisotopic (exact) mass is 471 g/mol. The van der Waals surface area contributed by atoms with Crippen LogP contribution in [0, 0.1) is 0 Å². The van der Waals surface area contributed by atoms with Crippen LogP contribution in [-0.2, 0) is 32.6 Å². The fraction of sp³-hybridized carbons (Fsp3) is 0.417. The van der Waals surface area contributed by atoms with E-state index in [9.17, 15) is 18.0 Å². The smallest absolute Gasteiger partial charge is 0.243 e. The van der Waals surface area contributed by atoms with Crippen LogP contribution in [0.3, 0.4) is 0 Å². The first-order valence-electron chi connectivity index (χ1n) is 11.2. The maximum Gasteiger partial charge on any atom is 0.243 e. The Morgan fingerprint density at radius 1 is 1.12 bits per heavy atom. The third-order valence-corrected chi connectivity index (χ3v) is 8.00. The number of amides is 2. The standard InChI is InChI=1S/C24H29N3O5S/c1-3-32-23-9-5-4-8-18(23)16-25-24(29)22-15-19-14-20(10-11-21(19)27(22)17(2)28)33(30,31)26-12-6-7-13-26/h4-5,8-11,14,22H,3,6-7,12-13,15-16H2,1-2H3,(H,25,29)/t22-/m0/s1. The van der Waals surface area contributed by atoms with Gasteiger partial charge in [-0.3, -0.25) is 14.5 Å². The van der Waals surface area contributed by atoms with Gasteiger partial charge in [0.15, 0.2) is 0 Å². The summed E-state index contributed by atoms with van der Waals surface area (Å²) in [6.45, 7) is 5.13. The number of sulfonamides is 1. The Kier molecular flexibility index (Phi) is 6.71. The van der Waals surface area contributed by atoms with Gasteiger partial charge in [0, 0.05) is 44.2 Å². The highest BCUT2D eigenvalue weighted by atomic mass is 32.2. The number of fused-ring (bicyclic) bond motifs is 1. The molecular formula is C24H29N3O5S. The Morgan fingerprint density at radius 2 is 1.85 bits per heavy atom. The van der Waals surface area contributed by atoms with E-state index in [-0.39, 0.29) is 29.7 Å². The van der Waals surface area contributed by atoms with Crippen molar-refractivity contribution in [2.45, 2.75) is 50.6 Å². The molecule has 2 aliphatic heterocycles. The second-order valence-electron chi connectivity index (χ2n) is 8.27. The van der Waals surface area contributed by atoms with Crippen LogP contribution in [0.5, 0.6) is 5.75 Å². The zero-order valence-corrected chi connectivity index (χ0v) is 19.7. The summed E-state index contributed by atoms with van der Waals surface area (Å²) in [4.78, 5) is 27.2. The molecule has 0 spiro atoms. The van der Waals surface area contributed by atoms with E-state index in [1.165, 1.54) is 22.2 Å². The summed E-state index contributed by atoms with van der Waals surface area (Å²) in [6, 6.07) is 11.5.